The molecule has 2 N–H and O–H groups in total. The van der Waals surface area contributed by atoms with E-state index in [0.29, 0.717) is 12.2 Å². The monoisotopic (exact) mass is 316 g/mol. The van der Waals surface area contributed by atoms with E-state index in [2.05, 4.69) is 35.1 Å². The first-order valence-electron chi connectivity index (χ1n) is 6.07. The molecule has 0 spiro atoms. The summed E-state index contributed by atoms with van der Waals surface area (Å²) in [6.07, 6.45) is 3.50. The molecule has 0 aliphatic rings. The highest BCUT2D eigenvalue weighted by Gasteiger charge is 2.19. The maximum Gasteiger partial charge on any atom is 0.267 e. The first-order valence-corrected chi connectivity index (χ1v) is 6.86. The van der Waals surface area contributed by atoms with Crippen molar-refractivity contribution in [2.24, 2.45) is 12.5 Å². The number of amides is 1. The molecule has 18 heavy (non-hydrogen) atoms. The van der Waals surface area contributed by atoms with Gasteiger partial charge in [0.15, 0.2) is 0 Å². The standard InChI is InChI=1S/C13H21BrN2O2/c1-13(2,5-4-6-17)9-15-12(18)11-7-10(14)8-16(11)3/h7-8,17H,4-6,9H2,1-3H3,(H,15,18). The summed E-state index contributed by atoms with van der Waals surface area (Å²) in [4.78, 5) is 12.0. The molecular weight excluding hydrogens is 296 g/mol. The topological polar surface area (TPSA) is 54.3 Å². The Morgan fingerprint density at radius 2 is 2.22 bits per heavy atom. The Hall–Kier alpha value is -0.810. The Bertz CT molecular complexity index is 413. The normalized spacial score (nSPS) is 11.6. The Labute approximate surface area is 117 Å². The van der Waals surface area contributed by atoms with Crippen LogP contribution in [0.25, 0.3) is 0 Å². The molecule has 4 nitrogen and oxygen atoms in total. The van der Waals surface area contributed by atoms with Crippen LogP contribution in [-0.4, -0.2) is 28.7 Å². The predicted molar refractivity (Wildman–Crippen MR) is 75.5 cm³/mol. The van der Waals surface area contributed by atoms with Gasteiger partial charge in [0.05, 0.1) is 0 Å². The van der Waals surface area contributed by atoms with Gasteiger partial charge in [-0.1, -0.05) is 13.8 Å². The maximum atomic E-state index is 12.0. The molecule has 0 aliphatic heterocycles. The van der Waals surface area contributed by atoms with Crippen LogP contribution >= 0.6 is 15.9 Å². The van der Waals surface area contributed by atoms with Crippen LogP contribution in [0.15, 0.2) is 16.7 Å². The van der Waals surface area contributed by atoms with E-state index >= 15 is 0 Å². The van der Waals surface area contributed by atoms with Crippen molar-refractivity contribution in [3.63, 3.8) is 0 Å². The van der Waals surface area contributed by atoms with E-state index in [9.17, 15) is 4.79 Å². The quantitative estimate of drug-likeness (QED) is 0.846. The second kappa shape index (κ2) is 6.38. The molecule has 0 atom stereocenters. The van der Waals surface area contributed by atoms with E-state index in [1.807, 2.05) is 13.2 Å². The van der Waals surface area contributed by atoms with E-state index in [0.717, 1.165) is 17.3 Å². The molecular formula is C13H21BrN2O2. The zero-order valence-corrected chi connectivity index (χ0v) is 12.7. The van der Waals surface area contributed by atoms with Gasteiger partial charge in [-0.3, -0.25) is 4.79 Å². The Morgan fingerprint density at radius 3 is 2.72 bits per heavy atom. The van der Waals surface area contributed by atoms with E-state index < -0.39 is 0 Å². The summed E-state index contributed by atoms with van der Waals surface area (Å²) < 4.78 is 2.69. The highest BCUT2D eigenvalue weighted by Crippen LogP contribution is 2.21. The third-order valence-electron chi connectivity index (χ3n) is 2.94. The zero-order valence-electron chi connectivity index (χ0n) is 11.2. The third kappa shape index (κ3) is 4.46. The van der Waals surface area contributed by atoms with Crippen LogP contribution < -0.4 is 5.32 Å². The number of nitrogens with zero attached hydrogens (tertiary/aromatic N) is 1. The zero-order chi connectivity index (χ0) is 13.8. The average Bonchev–Trinajstić information content (AvgIpc) is 2.63. The van der Waals surface area contributed by atoms with Crippen molar-refractivity contribution < 1.29 is 9.90 Å². The number of halogens is 1. The van der Waals surface area contributed by atoms with Crippen molar-refractivity contribution in [3.05, 3.63) is 22.4 Å². The van der Waals surface area contributed by atoms with Crippen LogP contribution in [0.5, 0.6) is 0 Å². The van der Waals surface area contributed by atoms with E-state index in [1.54, 1.807) is 10.6 Å². The van der Waals surface area contributed by atoms with Crippen LogP contribution in [0.3, 0.4) is 0 Å². The van der Waals surface area contributed by atoms with Crippen molar-refractivity contribution >= 4 is 21.8 Å². The van der Waals surface area contributed by atoms with Crippen molar-refractivity contribution in [1.29, 1.82) is 0 Å². The SMILES string of the molecule is Cn1cc(Br)cc1C(=O)NCC(C)(C)CCCO. The molecule has 0 fully saturated rings. The number of nitrogens with one attached hydrogen (secondary N) is 1. The van der Waals surface area contributed by atoms with Gasteiger partial charge in [0, 0.05) is 30.9 Å². The highest BCUT2D eigenvalue weighted by atomic mass is 79.9. The molecule has 5 heteroatoms. The summed E-state index contributed by atoms with van der Waals surface area (Å²) >= 11 is 3.35. The minimum atomic E-state index is -0.0692. The van der Waals surface area contributed by atoms with Gasteiger partial charge in [-0.2, -0.15) is 0 Å². The fraction of sp³-hybridized carbons (Fsp3) is 0.615. The fourth-order valence-corrected chi connectivity index (χ4v) is 2.33. The first kappa shape index (κ1) is 15.2. The van der Waals surface area contributed by atoms with Gasteiger partial charge in [0.25, 0.3) is 5.91 Å². The highest BCUT2D eigenvalue weighted by molar-refractivity contribution is 9.10. The molecule has 0 saturated carbocycles. The molecule has 0 bridgehead atoms. The molecule has 0 aromatic carbocycles. The lowest BCUT2D eigenvalue weighted by Gasteiger charge is -2.24. The van der Waals surface area contributed by atoms with Crippen LogP contribution in [0.2, 0.25) is 0 Å². The number of aryl methyl sites for hydroxylation is 1. The van der Waals surface area contributed by atoms with Crippen LogP contribution in [0.1, 0.15) is 37.2 Å². The van der Waals surface area contributed by atoms with Crippen LogP contribution in [0.4, 0.5) is 0 Å². The predicted octanol–water partition coefficient (Wildman–Crippen LogP) is 2.32. The molecule has 0 saturated heterocycles. The summed E-state index contributed by atoms with van der Waals surface area (Å²) in [5.41, 5.74) is 0.640. The van der Waals surface area contributed by atoms with Gasteiger partial charge >= 0.3 is 0 Å². The molecule has 0 radical (unpaired) electrons. The van der Waals surface area contributed by atoms with E-state index in [-0.39, 0.29) is 17.9 Å². The van der Waals surface area contributed by atoms with Gasteiger partial charge in [-0.25, -0.2) is 0 Å². The van der Waals surface area contributed by atoms with Gasteiger partial charge < -0.3 is 15.0 Å². The number of carbonyl (C=O) groups is 1. The van der Waals surface area contributed by atoms with Gasteiger partial charge in [0.1, 0.15) is 5.69 Å². The Morgan fingerprint density at radius 1 is 1.56 bits per heavy atom. The van der Waals surface area contributed by atoms with Crippen molar-refractivity contribution in [2.45, 2.75) is 26.7 Å². The number of rotatable bonds is 6. The second-order valence-corrected chi connectivity index (χ2v) is 6.24. The number of carbonyl (C=O) groups excluding carboxylic acids is 1. The minimum absolute atomic E-state index is 0.000780. The van der Waals surface area contributed by atoms with Gasteiger partial charge in [0.2, 0.25) is 0 Å². The van der Waals surface area contributed by atoms with E-state index in [4.69, 9.17) is 5.11 Å². The third-order valence-corrected chi connectivity index (χ3v) is 3.38. The molecule has 0 unspecified atom stereocenters. The lowest BCUT2D eigenvalue weighted by molar-refractivity contribution is 0.0925. The molecule has 1 rings (SSSR count). The lowest BCUT2D eigenvalue weighted by Crippen LogP contribution is -2.34. The summed E-state index contributed by atoms with van der Waals surface area (Å²) in [7, 11) is 1.84. The van der Waals surface area contributed by atoms with Gasteiger partial charge in [-0.05, 0) is 40.3 Å². The lowest BCUT2D eigenvalue weighted by atomic mass is 9.88. The fourth-order valence-electron chi connectivity index (χ4n) is 1.81. The Balaban J connectivity index is 2.53. The summed E-state index contributed by atoms with van der Waals surface area (Å²) in [6, 6.07) is 1.80. The average molecular weight is 317 g/mol. The van der Waals surface area contributed by atoms with E-state index in [1.165, 1.54) is 0 Å². The number of aliphatic hydroxyl groups excluding tert-OH is 1. The van der Waals surface area contributed by atoms with Crippen LogP contribution in [0, 0.1) is 5.41 Å². The summed E-state index contributed by atoms with van der Waals surface area (Å²) in [5, 5.41) is 11.8. The first-order chi connectivity index (χ1) is 8.35. The van der Waals surface area contributed by atoms with Crippen molar-refractivity contribution in [1.82, 2.24) is 9.88 Å². The number of hydrogen-bond acceptors (Lipinski definition) is 2. The molecule has 1 heterocycles. The largest absolute Gasteiger partial charge is 0.396 e. The second-order valence-electron chi connectivity index (χ2n) is 5.33. The molecule has 1 aromatic rings. The number of hydrogen-bond donors (Lipinski definition) is 2. The molecule has 1 aromatic heterocycles. The molecule has 0 aliphatic carbocycles. The minimum Gasteiger partial charge on any atom is -0.396 e. The molecule has 1 amide bonds. The van der Waals surface area contributed by atoms with Crippen molar-refractivity contribution in [3.8, 4) is 0 Å². The maximum absolute atomic E-state index is 12.0. The van der Waals surface area contributed by atoms with Crippen LogP contribution in [-0.2, 0) is 7.05 Å². The summed E-state index contributed by atoms with van der Waals surface area (Å²) in [5.74, 6) is -0.0692. The number of aliphatic hydroxyl groups is 1. The van der Waals surface area contributed by atoms with Crippen molar-refractivity contribution in [2.75, 3.05) is 13.2 Å². The van der Waals surface area contributed by atoms with Gasteiger partial charge in [-0.15, -0.1) is 0 Å². The smallest absolute Gasteiger partial charge is 0.267 e. The Kier molecular flexibility index (Phi) is 5.41. The summed E-state index contributed by atoms with van der Waals surface area (Å²) in [6.45, 7) is 4.98. The molecule has 102 valence electrons. The number of aromatic nitrogens is 1.